The number of nitrogens with two attached hydrogens (primary N) is 1. The molecule has 2 unspecified atom stereocenters. The van der Waals surface area contributed by atoms with Crippen LogP contribution in [0.1, 0.15) is 26.7 Å². The van der Waals surface area contributed by atoms with Crippen molar-refractivity contribution in [3.8, 4) is 0 Å². The molecule has 0 rings (SSSR count). The van der Waals surface area contributed by atoms with Gasteiger partial charge in [0.25, 0.3) is 0 Å². The van der Waals surface area contributed by atoms with Gasteiger partial charge in [0, 0.05) is 26.3 Å². The maximum atomic E-state index is 10.9. The average Bonchev–Trinajstić information content (AvgIpc) is 2.17. The van der Waals surface area contributed by atoms with Crippen molar-refractivity contribution in [3.05, 3.63) is 0 Å². The van der Waals surface area contributed by atoms with E-state index in [9.17, 15) is 4.79 Å². The summed E-state index contributed by atoms with van der Waals surface area (Å²) in [5.74, 6) is -0.954. The third-order valence-electron chi connectivity index (χ3n) is 2.82. The number of carbonyl (C=O) groups is 1. The summed E-state index contributed by atoms with van der Waals surface area (Å²) in [5, 5.41) is 8.92. The molecule has 0 aliphatic carbocycles. The van der Waals surface area contributed by atoms with Gasteiger partial charge >= 0.3 is 5.97 Å². The van der Waals surface area contributed by atoms with Crippen LogP contribution in [0.25, 0.3) is 0 Å². The fourth-order valence-electron chi connectivity index (χ4n) is 1.54. The highest BCUT2D eigenvalue weighted by molar-refractivity contribution is 5.77. The molecule has 16 heavy (non-hydrogen) atoms. The average molecular weight is 232 g/mol. The Morgan fingerprint density at radius 3 is 2.62 bits per heavy atom. The summed E-state index contributed by atoms with van der Waals surface area (Å²) in [6.07, 6.45) is 1.37. The minimum Gasteiger partial charge on any atom is -0.480 e. The molecule has 0 fully saturated rings. The molecule has 5 heteroatoms. The minimum atomic E-state index is -1.16. The number of nitrogens with zero attached hydrogens (tertiary/aromatic N) is 1. The van der Waals surface area contributed by atoms with E-state index in [2.05, 4.69) is 4.90 Å². The van der Waals surface area contributed by atoms with Crippen LogP contribution in [0.4, 0.5) is 0 Å². The standard InChI is InChI=1S/C11H24N2O3/c1-9(8-11(2,12)10(14)15)13(3)6-5-7-16-4/h9H,5-8,12H2,1-4H3,(H,14,15). The zero-order chi connectivity index (χ0) is 12.8. The van der Waals surface area contributed by atoms with E-state index in [1.165, 1.54) is 0 Å². The van der Waals surface area contributed by atoms with E-state index in [1.807, 2.05) is 14.0 Å². The highest BCUT2D eigenvalue weighted by Crippen LogP contribution is 2.13. The molecule has 0 heterocycles. The van der Waals surface area contributed by atoms with Crippen LogP contribution in [0.3, 0.4) is 0 Å². The molecule has 0 aromatic carbocycles. The zero-order valence-electron chi connectivity index (χ0n) is 10.7. The molecule has 0 aromatic rings. The first-order chi connectivity index (χ1) is 7.31. The van der Waals surface area contributed by atoms with E-state index in [0.717, 1.165) is 19.6 Å². The van der Waals surface area contributed by atoms with Crippen molar-refractivity contribution in [2.24, 2.45) is 5.73 Å². The Labute approximate surface area is 97.6 Å². The van der Waals surface area contributed by atoms with Crippen molar-refractivity contribution in [1.29, 1.82) is 0 Å². The van der Waals surface area contributed by atoms with Crippen LogP contribution >= 0.6 is 0 Å². The number of aliphatic carboxylic acids is 1. The number of rotatable bonds is 8. The van der Waals surface area contributed by atoms with Crippen LogP contribution in [0.5, 0.6) is 0 Å². The molecule has 0 radical (unpaired) electrons. The fraction of sp³-hybridized carbons (Fsp3) is 0.909. The molecular weight excluding hydrogens is 208 g/mol. The number of hydrogen-bond acceptors (Lipinski definition) is 4. The molecule has 0 saturated carbocycles. The van der Waals surface area contributed by atoms with E-state index in [1.54, 1.807) is 14.0 Å². The second-order valence-corrected chi connectivity index (χ2v) is 4.60. The molecule has 96 valence electrons. The van der Waals surface area contributed by atoms with Gasteiger partial charge in [0.15, 0.2) is 0 Å². The maximum Gasteiger partial charge on any atom is 0.323 e. The van der Waals surface area contributed by atoms with Crippen molar-refractivity contribution >= 4 is 5.97 Å². The van der Waals surface area contributed by atoms with Gasteiger partial charge in [0.1, 0.15) is 5.54 Å². The van der Waals surface area contributed by atoms with Gasteiger partial charge in [-0.25, -0.2) is 0 Å². The number of ether oxygens (including phenoxy) is 1. The molecule has 0 aromatic heterocycles. The van der Waals surface area contributed by atoms with Gasteiger partial charge in [0.2, 0.25) is 0 Å². The zero-order valence-corrected chi connectivity index (χ0v) is 10.7. The summed E-state index contributed by atoms with van der Waals surface area (Å²) < 4.78 is 4.97. The molecule has 0 amide bonds. The van der Waals surface area contributed by atoms with E-state index in [0.29, 0.717) is 6.42 Å². The molecule has 0 bridgehead atoms. The summed E-state index contributed by atoms with van der Waals surface area (Å²) in [7, 11) is 3.64. The van der Waals surface area contributed by atoms with Crippen LogP contribution in [0, 0.1) is 0 Å². The van der Waals surface area contributed by atoms with E-state index in [-0.39, 0.29) is 6.04 Å². The number of hydrogen-bond donors (Lipinski definition) is 2. The Morgan fingerprint density at radius 1 is 1.62 bits per heavy atom. The van der Waals surface area contributed by atoms with E-state index >= 15 is 0 Å². The fourth-order valence-corrected chi connectivity index (χ4v) is 1.54. The number of carboxylic acid groups (broad SMARTS) is 1. The lowest BCUT2D eigenvalue weighted by Gasteiger charge is -2.30. The smallest absolute Gasteiger partial charge is 0.323 e. The summed E-state index contributed by atoms with van der Waals surface area (Å²) in [4.78, 5) is 13.0. The Balaban J connectivity index is 4.04. The van der Waals surface area contributed by atoms with Crippen molar-refractivity contribution in [2.45, 2.75) is 38.3 Å². The van der Waals surface area contributed by atoms with Crippen LogP contribution in [-0.4, -0.2) is 54.9 Å². The Hall–Kier alpha value is -0.650. The molecule has 0 aliphatic heterocycles. The lowest BCUT2D eigenvalue weighted by molar-refractivity contribution is -0.143. The second kappa shape index (κ2) is 6.83. The quantitative estimate of drug-likeness (QED) is 0.597. The first-order valence-corrected chi connectivity index (χ1v) is 5.52. The van der Waals surface area contributed by atoms with E-state index in [4.69, 9.17) is 15.6 Å². The van der Waals surface area contributed by atoms with Crippen LogP contribution in [0.2, 0.25) is 0 Å². The lowest BCUT2D eigenvalue weighted by Crippen LogP contribution is -2.49. The minimum absolute atomic E-state index is 0.142. The molecule has 2 atom stereocenters. The molecule has 5 nitrogen and oxygen atoms in total. The predicted molar refractivity (Wildman–Crippen MR) is 63.4 cm³/mol. The molecule has 0 aliphatic rings. The Morgan fingerprint density at radius 2 is 2.19 bits per heavy atom. The molecule has 0 spiro atoms. The summed E-state index contributed by atoms with van der Waals surface area (Å²) in [6, 6.07) is 0.142. The van der Waals surface area contributed by atoms with Crippen LogP contribution in [-0.2, 0) is 9.53 Å². The van der Waals surface area contributed by atoms with Crippen molar-refractivity contribution < 1.29 is 14.6 Å². The maximum absolute atomic E-state index is 10.9. The summed E-state index contributed by atoms with van der Waals surface area (Å²) in [5.41, 5.74) is 4.54. The van der Waals surface area contributed by atoms with Crippen LogP contribution < -0.4 is 5.73 Å². The second-order valence-electron chi connectivity index (χ2n) is 4.60. The first-order valence-electron chi connectivity index (χ1n) is 5.52. The number of carboxylic acids is 1. The van der Waals surface area contributed by atoms with Crippen molar-refractivity contribution in [2.75, 3.05) is 27.3 Å². The number of methoxy groups -OCH3 is 1. The van der Waals surface area contributed by atoms with E-state index < -0.39 is 11.5 Å². The molecule has 0 saturated heterocycles. The van der Waals surface area contributed by atoms with Crippen molar-refractivity contribution in [3.63, 3.8) is 0 Å². The molecule has 3 N–H and O–H groups in total. The largest absolute Gasteiger partial charge is 0.480 e. The Kier molecular flexibility index (Phi) is 6.55. The predicted octanol–water partition coefficient (Wildman–Crippen LogP) is 0.535. The van der Waals surface area contributed by atoms with Crippen molar-refractivity contribution in [1.82, 2.24) is 4.90 Å². The summed E-state index contributed by atoms with van der Waals surface area (Å²) in [6.45, 7) is 5.14. The van der Waals surface area contributed by atoms with Gasteiger partial charge < -0.3 is 20.5 Å². The normalized spacial score (nSPS) is 17.1. The Bertz CT molecular complexity index is 219. The topological polar surface area (TPSA) is 75.8 Å². The third-order valence-corrected chi connectivity index (χ3v) is 2.82. The SMILES string of the molecule is COCCCN(C)C(C)CC(C)(N)C(=O)O. The van der Waals surface area contributed by atoms with Crippen LogP contribution in [0.15, 0.2) is 0 Å². The monoisotopic (exact) mass is 232 g/mol. The highest BCUT2D eigenvalue weighted by atomic mass is 16.5. The third kappa shape index (κ3) is 5.44. The summed E-state index contributed by atoms with van der Waals surface area (Å²) >= 11 is 0. The molecular formula is C11H24N2O3. The lowest BCUT2D eigenvalue weighted by atomic mass is 9.94. The van der Waals surface area contributed by atoms with Gasteiger partial charge in [-0.2, -0.15) is 0 Å². The van der Waals surface area contributed by atoms with Gasteiger partial charge in [-0.15, -0.1) is 0 Å². The van der Waals surface area contributed by atoms with Gasteiger partial charge in [-0.1, -0.05) is 0 Å². The first kappa shape index (κ1) is 15.3. The van der Waals surface area contributed by atoms with Gasteiger partial charge in [0.05, 0.1) is 0 Å². The van der Waals surface area contributed by atoms with Gasteiger partial charge in [-0.05, 0) is 33.7 Å². The van der Waals surface area contributed by atoms with Gasteiger partial charge in [-0.3, -0.25) is 4.79 Å². The highest BCUT2D eigenvalue weighted by Gasteiger charge is 2.30.